The van der Waals surface area contributed by atoms with Crippen LogP contribution in [0.5, 0.6) is 0 Å². The molecular weight excluding hydrogens is 259 g/mol. The van der Waals surface area contributed by atoms with Crippen molar-refractivity contribution in [1.29, 1.82) is 0 Å². The maximum absolute atomic E-state index is 6.00. The first-order chi connectivity index (χ1) is 8.00. The standard InChI is InChI=1S/C11H12Cl2N4/c1-6(2)17-5-14-4-8(17)11-15-9(12)7(3)10(13)16-11/h4-6H,1-3H3. The molecule has 0 atom stereocenters. The van der Waals surface area contributed by atoms with Crippen molar-refractivity contribution < 1.29 is 0 Å². The number of halogens is 2. The van der Waals surface area contributed by atoms with Gasteiger partial charge in [-0.25, -0.2) is 15.0 Å². The van der Waals surface area contributed by atoms with Gasteiger partial charge >= 0.3 is 0 Å². The van der Waals surface area contributed by atoms with Crippen molar-refractivity contribution in [2.24, 2.45) is 0 Å². The maximum Gasteiger partial charge on any atom is 0.180 e. The second kappa shape index (κ2) is 4.63. The summed E-state index contributed by atoms with van der Waals surface area (Å²) >= 11 is 12.0. The van der Waals surface area contributed by atoms with Crippen molar-refractivity contribution in [2.45, 2.75) is 26.8 Å². The minimum Gasteiger partial charge on any atom is -0.325 e. The lowest BCUT2D eigenvalue weighted by Crippen LogP contribution is -2.04. The van der Waals surface area contributed by atoms with E-state index in [1.807, 2.05) is 4.57 Å². The third-order valence-electron chi connectivity index (χ3n) is 2.48. The molecule has 0 fully saturated rings. The summed E-state index contributed by atoms with van der Waals surface area (Å²) in [7, 11) is 0. The Kier molecular flexibility index (Phi) is 3.35. The normalized spacial score (nSPS) is 11.2. The quantitative estimate of drug-likeness (QED) is 0.785. The lowest BCUT2D eigenvalue weighted by molar-refractivity contribution is 0.603. The number of nitrogens with zero attached hydrogens (tertiary/aromatic N) is 4. The van der Waals surface area contributed by atoms with Gasteiger partial charge in [0.2, 0.25) is 0 Å². The van der Waals surface area contributed by atoms with Crippen LogP contribution in [-0.2, 0) is 0 Å². The minimum atomic E-state index is 0.273. The fourth-order valence-electron chi connectivity index (χ4n) is 1.47. The molecule has 0 radical (unpaired) electrons. The summed E-state index contributed by atoms with van der Waals surface area (Å²) < 4.78 is 1.97. The molecule has 2 heterocycles. The third kappa shape index (κ3) is 2.28. The van der Waals surface area contributed by atoms with Crippen LogP contribution in [0, 0.1) is 6.92 Å². The van der Waals surface area contributed by atoms with Gasteiger partial charge in [0, 0.05) is 11.6 Å². The first kappa shape index (κ1) is 12.3. The predicted molar refractivity (Wildman–Crippen MR) is 68.4 cm³/mol. The van der Waals surface area contributed by atoms with Gasteiger partial charge in [-0.05, 0) is 20.8 Å². The summed E-state index contributed by atoms with van der Waals surface area (Å²) in [5, 5.41) is 0.744. The number of imidazole rings is 1. The first-order valence-corrected chi connectivity index (χ1v) is 5.98. The highest BCUT2D eigenvalue weighted by molar-refractivity contribution is 6.34. The van der Waals surface area contributed by atoms with E-state index >= 15 is 0 Å². The van der Waals surface area contributed by atoms with Crippen molar-refractivity contribution in [1.82, 2.24) is 19.5 Å². The van der Waals surface area contributed by atoms with Gasteiger partial charge in [-0.2, -0.15) is 0 Å². The highest BCUT2D eigenvalue weighted by atomic mass is 35.5. The van der Waals surface area contributed by atoms with Gasteiger partial charge in [-0.1, -0.05) is 23.2 Å². The Labute approximate surface area is 110 Å². The molecule has 4 nitrogen and oxygen atoms in total. The van der Waals surface area contributed by atoms with Crippen molar-refractivity contribution >= 4 is 23.2 Å². The Bertz CT molecular complexity index is 525. The van der Waals surface area contributed by atoms with Gasteiger partial charge in [0.25, 0.3) is 0 Å². The molecule has 2 aromatic heterocycles. The summed E-state index contributed by atoms with van der Waals surface area (Å²) in [6, 6.07) is 0.273. The smallest absolute Gasteiger partial charge is 0.180 e. The Morgan fingerprint density at radius 3 is 2.29 bits per heavy atom. The predicted octanol–water partition coefficient (Wildman–Crippen LogP) is 3.54. The summed E-state index contributed by atoms with van der Waals surface area (Å²) in [5.74, 6) is 0.497. The molecule has 0 aromatic carbocycles. The van der Waals surface area contributed by atoms with E-state index in [0.29, 0.717) is 21.7 Å². The van der Waals surface area contributed by atoms with E-state index in [1.165, 1.54) is 0 Å². The number of hydrogen-bond donors (Lipinski definition) is 0. The molecule has 0 saturated carbocycles. The molecule has 0 aliphatic rings. The number of rotatable bonds is 2. The lowest BCUT2D eigenvalue weighted by Gasteiger charge is -2.11. The molecule has 90 valence electrons. The van der Waals surface area contributed by atoms with Crippen LogP contribution < -0.4 is 0 Å². The Morgan fingerprint density at radius 2 is 1.76 bits per heavy atom. The summed E-state index contributed by atoms with van der Waals surface area (Å²) in [4.78, 5) is 12.6. The molecule has 6 heteroatoms. The highest BCUT2D eigenvalue weighted by Crippen LogP contribution is 2.25. The molecule has 2 aromatic rings. The van der Waals surface area contributed by atoms with E-state index in [9.17, 15) is 0 Å². The summed E-state index contributed by atoms with van der Waals surface area (Å²) in [6.45, 7) is 5.90. The van der Waals surface area contributed by atoms with Crippen molar-refractivity contribution in [2.75, 3.05) is 0 Å². The van der Waals surface area contributed by atoms with Gasteiger partial charge in [0.05, 0.1) is 12.5 Å². The average molecular weight is 271 g/mol. The van der Waals surface area contributed by atoms with E-state index in [0.717, 1.165) is 5.69 Å². The Balaban J connectivity index is 2.57. The maximum atomic E-state index is 6.00. The zero-order chi connectivity index (χ0) is 12.6. The molecule has 2 rings (SSSR count). The van der Waals surface area contributed by atoms with Crippen LogP contribution in [0.25, 0.3) is 11.5 Å². The van der Waals surface area contributed by atoms with Gasteiger partial charge in [0.1, 0.15) is 16.0 Å². The van der Waals surface area contributed by atoms with Gasteiger partial charge in [-0.15, -0.1) is 0 Å². The van der Waals surface area contributed by atoms with Crippen LogP contribution in [0.1, 0.15) is 25.5 Å². The fourth-order valence-corrected chi connectivity index (χ4v) is 1.86. The second-order valence-corrected chi connectivity index (χ2v) is 4.75. The average Bonchev–Trinajstić information content (AvgIpc) is 2.74. The SMILES string of the molecule is Cc1c(Cl)nc(-c2cncn2C(C)C)nc1Cl. The van der Waals surface area contributed by atoms with Crippen molar-refractivity contribution in [3.05, 3.63) is 28.4 Å². The lowest BCUT2D eigenvalue weighted by atomic mass is 10.3. The first-order valence-electron chi connectivity index (χ1n) is 5.22. The summed E-state index contributed by atoms with van der Waals surface area (Å²) in [6.07, 6.45) is 3.45. The molecular formula is C11H12Cl2N4. The largest absolute Gasteiger partial charge is 0.325 e. The van der Waals surface area contributed by atoms with E-state index < -0.39 is 0 Å². The zero-order valence-corrected chi connectivity index (χ0v) is 11.3. The molecule has 0 N–H and O–H groups in total. The Hall–Kier alpha value is -1.13. The van der Waals surface area contributed by atoms with Crippen LogP contribution in [0.2, 0.25) is 10.3 Å². The third-order valence-corrected chi connectivity index (χ3v) is 3.21. The van der Waals surface area contributed by atoms with Crippen LogP contribution >= 0.6 is 23.2 Å². The van der Waals surface area contributed by atoms with Crippen molar-refractivity contribution in [3.8, 4) is 11.5 Å². The van der Waals surface area contributed by atoms with Gasteiger partial charge in [-0.3, -0.25) is 0 Å². The van der Waals surface area contributed by atoms with Crippen LogP contribution in [0.3, 0.4) is 0 Å². The number of aromatic nitrogens is 4. The van der Waals surface area contributed by atoms with Gasteiger partial charge in [0.15, 0.2) is 5.82 Å². The van der Waals surface area contributed by atoms with E-state index in [2.05, 4.69) is 28.8 Å². The topological polar surface area (TPSA) is 43.6 Å². The van der Waals surface area contributed by atoms with E-state index in [-0.39, 0.29) is 6.04 Å². The molecule has 0 aliphatic carbocycles. The van der Waals surface area contributed by atoms with Gasteiger partial charge < -0.3 is 4.57 Å². The molecule has 0 amide bonds. The summed E-state index contributed by atoms with van der Waals surface area (Å²) in [5.41, 5.74) is 1.50. The molecule has 0 bridgehead atoms. The van der Waals surface area contributed by atoms with E-state index in [1.54, 1.807) is 19.4 Å². The molecule has 0 unspecified atom stereocenters. The minimum absolute atomic E-state index is 0.273. The highest BCUT2D eigenvalue weighted by Gasteiger charge is 2.14. The molecule has 17 heavy (non-hydrogen) atoms. The van der Waals surface area contributed by atoms with Crippen LogP contribution in [0.15, 0.2) is 12.5 Å². The molecule has 0 saturated heterocycles. The van der Waals surface area contributed by atoms with E-state index in [4.69, 9.17) is 23.2 Å². The fraction of sp³-hybridized carbons (Fsp3) is 0.364. The molecule has 0 aliphatic heterocycles. The van der Waals surface area contributed by atoms with Crippen molar-refractivity contribution in [3.63, 3.8) is 0 Å². The zero-order valence-electron chi connectivity index (χ0n) is 9.78. The second-order valence-electron chi connectivity index (χ2n) is 4.03. The van der Waals surface area contributed by atoms with Crippen LogP contribution in [0.4, 0.5) is 0 Å². The molecule has 0 spiro atoms. The Morgan fingerprint density at radius 1 is 1.18 bits per heavy atom. The van der Waals surface area contributed by atoms with Crippen LogP contribution in [-0.4, -0.2) is 19.5 Å². The number of hydrogen-bond acceptors (Lipinski definition) is 3. The monoisotopic (exact) mass is 270 g/mol.